The number of ether oxygens (including phenoxy) is 4. The summed E-state index contributed by atoms with van der Waals surface area (Å²) in [6.45, 7) is 0.483. The molecule has 8 nitrogen and oxygen atoms in total. The molecule has 24 heavy (non-hydrogen) atoms. The van der Waals surface area contributed by atoms with Crippen LogP contribution in [-0.4, -0.2) is 28.3 Å². The fourth-order valence-electron chi connectivity index (χ4n) is 2.09. The topological polar surface area (TPSA) is 109 Å². The van der Waals surface area contributed by atoms with Crippen molar-refractivity contribution in [3.8, 4) is 23.0 Å². The normalized spacial score (nSPS) is 13.9. The molecular weight excluding hydrogens is 336 g/mol. The van der Waals surface area contributed by atoms with Gasteiger partial charge >= 0.3 is 0 Å². The second kappa shape index (κ2) is 6.36. The van der Waals surface area contributed by atoms with Crippen molar-refractivity contribution >= 4 is 21.4 Å². The van der Waals surface area contributed by atoms with Crippen molar-refractivity contribution in [1.82, 2.24) is 0 Å². The van der Waals surface area contributed by atoms with Crippen molar-refractivity contribution in [2.75, 3.05) is 30.3 Å². The predicted molar refractivity (Wildman–Crippen MR) is 88.0 cm³/mol. The van der Waals surface area contributed by atoms with Crippen LogP contribution in [0, 0.1) is 0 Å². The second-order valence-corrected chi connectivity index (χ2v) is 6.80. The minimum absolute atomic E-state index is 0.178. The predicted octanol–water partition coefficient (Wildman–Crippen LogP) is 1.78. The molecule has 0 fully saturated rings. The Kier molecular flexibility index (Phi) is 4.26. The fourth-order valence-corrected chi connectivity index (χ4v) is 2.64. The molecule has 0 spiro atoms. The van der Waals surface area contributed by atoms with E-state index in [1.54, 1.807) is 36.4 Å². The van der Waals surface area contributed by atoms with E-state index >= 15 is 0 Å². The highest BCUT2D eigenvalue weighted by molar-refractivity contribution is 7.92. The minimum Gasteiger partial charge on any atom is -0.454 e. The maximum absolute atomic E-state index is 10.9. The van der Waals surface area contributed by atoms with Crippen molar-refractivity contribution in [3.63, 3.8) is 0 Å². The molecular formula is C15H16N2O6S. The molecule has 9 heteroatoms. The van der Waals surface area contributed by atoms with E-state index in [9.17, 15) is 8.42 Å². The summed E-state index contributed by atoms with van der Waals surface area (Å²) >= 11 is 0. The maximum Gasteiger partial charge on any atom is 0.231 e. The zero-order chi connectivity index (χ0) is 17.2. The Morgan fingerprint density at radius 3 is 2.04 bits per heavy atom. The molecule has 2 aromatic rings. The first kappa shape index (κ1) is 16.1. The molecule has 3 N–H and O–H groups in total. The van der Waals surface area contributed by atoms with Crippen molar-refractivity contribution in [2.24, 2.45) is 0 Å². The Morgan fingerprint density at radius 2 is 1.42 bits per heavy atom. The third-order valence-corrected chi connectivity index (χ3v) is 3.68. The maximum atomic E-state index is 10.9. The summed E-state index contributed by atoms with van der Waals surface area (Å²) in [5.41, 5.74) is 6.66. The molecule has 0 unspecified atom stereocenters. The first-order valence-electron chi connectivity index (χ1n) is 6.93. The summed E-state index contributed by atoms with van der Waals surface area (Å²) in [6, 6.07) is 10.2. The lowest BCUT2D eigenvalue weighted by Gasteiger charge is -2.03. The number of nitrogens with two attached hydrogens (primary N) is 1. The number of hydrogen-bond acceptors (Lipinski definition) is 7. The molecule has 0 radical (unpaired) electrons. The van der Waals surface area contributed by atoms with E-state index in [1.807, 2.05) is 0 Å². The number of fused-ring (bicyclic) bond motifs is 2. The molecule has 0 saturated heterocycles. The summed E-state index contributed by atoms with van der Waals surface area (Å²) in [7, 11) is -3.24. The van der Waals surface area contributed by atoms with Gasteiger partial charge in [-0.3, -0.25) is 4.72 Å². The Hall–Kier alpha value is -2.81. The van der Waals surface area contributed by atoms with Gasteiger partial charge in [0.1, 0.15) is 0 Å². The first-order chi connectivity index (χ1) is 11.4. The number of anilines is 2. The molecule has 2 heterocycles. The van der Waals surface area contributed by atoms with Crippen LogP contribution in [0.25, 0.3) is 0 Å². The number of nitrogen functional groups attached to an aromatic ring is 1. The van der Waals surface area contributed by atoms with Gasteiger partial charge in [0.25, 0.3) is 0 Å². The lowest BCUT2D eigenvalue weighted by atomic mass is 10.3. The fraction of sp³-hybridized carbons (Fsp3) is 0.200. The van der Waals surface area contributed by atoms with Gasteiger partial charge in [0.2, 0.25) is 23.6 Å². The molecule has 2 aliphatic heterocycles. The van der Waals surface area contributed by atoms with Gasteiger partial charge in [-0.25, -0.2) is 8.42 Å². The highest BCUT2D eigenvalue weighted by atomic mass is 32.2. The summed E-state index contributed by atoms with van der Waals surface area (Å²) in [5.74, 6) is 2.69. The molecule has 128 valence electrons. The summed E-state index contributed by atoms with van der Waals surface area (Å²) in [5, 5.41) is 0. The van der Waals surface area contributed by atoms with Crippen LogP contribution in [0.3, 0.4) is 0 Å². The Bertz CT molecular complexity index is 853. The van der Waals surface area contributed by atoms with Gasteiger partial charge < -0.3 is 24.7 Å². The molecule has 0 amide bonds. The largest absolute Gasteiger partial charge is 0.454 e. The SMILES string of the molecule is CS(=O)(=O)Nc1ccc2c(c1)OCO2.Nc1ccc2c(c1)OCO2. The van der Waals surface area contributed by atoms with Gasteiger partial charge in [-0.15, -0.1) is 0 Å². The zero-order valence-corrected chi connectivity index (χ0v) is 13.6. The van der Waals surface area contributed by atoms with Gasteiger partial charge in [-0.2, -0.15) is 0 Å². The molecule has 0 atom stereocenters. The van der Waals surface area contributed by atoms with Crippen LogP contribution in [0.1, 0.15) is 0 Å². The van der Waals surface area contributed by atoms with Crippen molar-refractivity contribution in [3.05, 3.63) is 36.4 Å². The lowest BCUT2D eigenvalue weighted by Crippen LogP contribution is -2.09. The van der Waals surface area contributed by atoms with Crippen LogP contribution in [0.5, 0.6) is 23.0 Å². The van der Waals surface area contributed by atoms with Crippen molar-refractivity contribution in [1.29, 1.82) is 0 Å². The summed E-state index contributed by atoms with van der Waals surface area (Å²) in [6.07, 6.45) is 1.09. The van der Waals surface area contributed by atoms with Crippen LogP contribution in [0.2, 0.25) is 0 Å². The van der Waals surface area contributed by atoms with E-state index in [1.165, 1.54) is 0 Å². The minimum atomic E-state index is -3.24. The quantitative estimate of drug-likeness (QED) is 0.793. The number of rotatable bonds is 2. The van der Waals surface area contributed by atoms with Gasteiger partial charge in [0, 0.05) is 17.8 Å². The standard InChI is InChI=1S/C8H9NO4S.C7H7NO2/c1-14(10,11)9-6-2-3-7-8(4-6)13-5-12-7;8-5-1-2-6-7(3-5)10-4-9-6/h2-4,9H,5H2,1H3;1-3H,4,8H2. The average molecular weight is 352 g/mol. The monoisotopic (exact) mass is 352 g/mol. The first-order valence-corrected chi connectivity index (χ1v) is 8.82. The molecule has 2 aromatic carbocycles. The van der Waals surface area contributed by atoms with Crippen LogP contribution < -0.4 is 29.4 Å². The van der Waals surface area contributed by atoms with Gasteiger partial charge in [0.05, 0.1) is 11.9 Å². The molecule has 0 aromatic heterocycles. The molecule has 4 rings (SSSR count). The molecule has 0 aliphatic carbocycles. The van der Waals surface area contributed by atoms with E-state index in [2.05, 4.69) is 4.72 Å². The summed E-state index contributed by atoms with van der Waals surface area (Å²) < 4.78 is 44.5. The Morgan fingerprint density at radius 1 is 0.875 bits per heavy atom. The number of hydrogen-bond donors (Lipinski definition) is 2. The van der Waals surface area contributed by atoms with Crippen molar-refractivity contribution in [2.45, 2.75) is 0 Å². The second-order valence-electron chi connectivity index (χ2n) is 5.05. The smallest absolute Gasteiger partial charge is 0.231 e. The van der Waals surface area contributed by atoms with E-state index < -0.39 is 10.0 Å². The molecule has 2 aliphatic rings. The van der Waals surface area contributed by atoms with Crippen LogP contribution in [-0.2, 0) is 10.0 Å². The zero-order valence-electron chi connectivity index (χ0n) is 12.8. The highest BCUT2D eigenvalue weighted by Gasteiger charge is 2.14. The number of sulfonamides is 1. The Balaban J connectivity index is 0.000000149. The molecule has 0 bridgehead atoms. The van der Waals surface area contributed by atoms with Crippen LogP contribution in [0.15, 0.2) is 36.4 Å². The third kappa shape index (κ3) is 3.93. The number of benzene rings is 2. The van der Waals surface area contributed by atoms with Crippen LogP contribution >= 0.6 is 0 Å². The van der Waals surface area contributed by atoms with E-state index in [0.29, 0.717) is 29.7 Å². The molecule has 0 saturated carbocycles. The van der Waals surface area contributed by atoms with Crippen molar-refractivity contribution < 1.29 is 27.4 Å². The highest BCUT2D eigenvalue weighted by Crippen LogP contribution is 2.34. The average Bonchev–Trinajstić information content (AvgIpc) is 3.13. The lowest BCUT2D eigenvalue weighted by molar-refractivity contribution is 0.173. The van der Waals surface area contributed by atoms with E-state index in [-0.39, 0.29) is 6.79 Å². The third-order valence-electron chi connectivity index (χ3n) is 3.07. The Labute approximate surface area is 139 Å². The van der Waals surface area contributed by atoms with E-state index in [4.69, 9.17) is 24.7 Å². The van der Waals surface area contributed by atoms with Gasteiger partial charge in [-0.05, 0) is 24.3 Å². The number of nitrogens with one attached hydrogen (secondary N) is 1. The van der Waals surface area contributed by atoms with Gasteiger partial charge in [-0.1, -0.05) is 0 Å². The summed E-state index contributed by atoms with van der Waals surface area (Å²) in [4.78, 5) is 0. The van der Waals surface area contributed by atoms with Gasteiger partial charge in [0.15, 0.2) is 23.0 Å². The van der Waals surface area contributed by atoms with Crippen LogP contribution in [0.4, 0.5) is 11.4 Å². The van der Waals surface area contributed by atoms with E-state index in [0.717, 1.165) is 17.8 Å².